The highest BCUT2D eigenvalue weighted by atomic mass is 32.2. The summed E-state index contributed by atoms with van der Waals surface area (Å²) >= 11 is 1.15. The molecule has 1 atom stereocenters. The van der Waals surface area contributed by atoms with E-state index >= 15 is 0 Å². The molecule has 3 rings (SSSR count). The van der Waals surface area contributed by atoms with Gasteiger partial charge in [0, 0.05) is 30.8 Å². The van der Waals surface area contributed by atoms with Crippen LogP contribution in [0.15, 0.2) is 41.6 Å². The normalized spacial score (nSPS) is 12.5. The first-order valence-electron chi connectivity index (χ1n) is 9.45. The molecule has 1 N–H and O–H groups in total. The number of nitrogens with one attached hydrogen (secondary N) is 1. The Morgan fingerprint density at radius 1 is 1.39 bits per heavy atom. The lowest BCUT2D eigenvalue weighted by molar-refractivity contribution is -0.126. The average Bonchev–Trinajstić information content (AvgIpc) is 3.21. The van der Waals surface area contributed by atoms with Gasteiger partial charge in [0.15, 0.2) is 17.3 Å². The van der Waals surface area contributed by atoms with Gasteiger partial charge in [-0.25, -0.2) is 4.39 Å². The van der Waals surface area contributed by atoms with Crippen LogP contribution in [0.1, 0.15) is 30.9 Å². The van der Waals surface area contributed by atoms with Crippen LogP contribution in [0, 0.1) is 5.82 Å². The van der Waals surface area contributed by atoms with Crippen LogP contribution >= 0.6 is 11.8 Å². The minimum atomic E-state index is -0.980. The van der Waals surface area contributed by atoms with Crippen molar-refractivity contribution in [1.82, 2.24) is 15.5 Å². The van der Waals surface area contributed by atoms with Crippen LogP contribution in [0.3, 0.4) is 0 Å². The van der Waals surface area contributed by atoms with E-state index < -0.39 is 22.7 Å². The molecule has 0 saturated heterocycles. The van der Waals surface area contributed by atoms with Crippen LogP contribution in [0.4, 0.5) is 4.39 Å². The third-order valence-electron chi connectivity index (χ3n) is 4.58. The Morgan fingerprint density at radius 3 is 2.84 bits per heavy atom. The molecule has 0 aliphatic carbocycles. The van der Waals surface area contributed by atoms with Gasteiger partial charge in [0.25, 0.3) is 5.91 Å². The Hall–Kier alpha value is -2.91. The quantitative estimate of drug-likeness (QED) is 0.492. The predicted molar refractivity (Wildman–Crippen MR) is 118 cm³/mol. The minimum Gasteiger partial charge on any atom is -0.467 e. The van der Waals surface area contributed by atoms with Crippen molar-refractivity contribution in [1.29, 1.82) is 0 Å². The van der Waals surface area contributed by atoms with Crippen molar-refractivity contribution in [3.8, 4) is 5.75 Å². The summed E-state index contributed by atoms with van der Waals surface area (Å²) in [6.45, 7) is 7.56. The second-order valence-electron chi connectivity index (χ2n) is 7.36. The number of aromatic nitrogens is 2. The zero-order valence-electron chi connectivity index (χ0n) is 17.8. The number of fused-ring (bicyclic) bond motifs is 1. The first kappa shape index (κ1) is 22.8. The molecule has 7 nitrogen and oxygen atoms in total. The standard InChI is InChI=1S/C22H24FN3O4S/c1-6-13-7-14-8-18(16(23)10-17(14)24-11-13)29-21(31-5)20(27)25-22(2,3)19-9-15(12-28-4)30-26-19/h6-11,21H,1,12H2,2-5H3,(H,25,27). The van der Waals surface area contributed by atoms with E-state index in [1.807, 2.05) is 6.07 Å². The number of rotatable bonds is 9. The van der Waals surface area contributed by atoms with Gasteiger partial charge in [0.05, 0.1) is 11.1 Å². The molecule has 1 unspecified atom stereocenters. The summed E-state index contributed by atoms with van der Waals surface area (Å²) in [7, 11) is 1.55. The van der Waals surface area contributed by atoms with E-state index in [0.29, 0.717) is 22.4 Å². The molecule has 9 heteroatoms. The van der Waals surface area contributed by atoms with Crippen molar-refractivity contribution in [3.63, 3.8) is 0 Å². The zero-order chi connectivity index (χ0) is 22.6. The van der Waals surface area contributed by atoms with Crippen LogP contribution in [0.25, 0.3) is 17.0 Å². The van der Waals surface area contributed by atoms with E-state index in [0.717, 1.165) is 17.3 Å². The van der Waals surface area contributed by atoms with Crippen LogP contribution in [-0.4, -0.2) is 34.8 Å². The summed E-state index contributed by atoms with van der Waals surface area (Å²) in [5.74, 6) is -0.515. The SMILES string of the molecule is C=Cc1cnc2cc(F)c(OC(SC)C(=O)NC(C)(C)c3cc(COC)on3)cc2c1. The van der Waals surface area contributed by atoms with Crippen molar-refractivity contribution in [2.45, 2.75) is 31.4 Å². The molecule has 2 heterocycles. The molecule has 0 aliphatic heterocycles. The Kier molecular flexibility index (Phi) is 6.97. The molecule has 0 aliphatic rings. The lowest BCUT2D eigenvalue weighted by Gasteiger charge is -2.26. The van der Waals surface area contributed by atoms with Crippen LogP contribution in [0.5, 0.6) is 5.75 Å². The molecular weight excluding hydrogens is 421 g/mol. The first-order chi connectivity index (χ1) is 14.8. The van der Waals surface area contributed by atoms with Gasteiger partial charge >= 0.3 is 0 Å². The lowest BCUT2D eigenvalue weighted by atomic mass is 10.0. The molecule has 3 aromatic rings. The van der Waals surface area contributed by atoms with Crippen molar-refractivity contribution in [2.75, 3.05) is 13.4 Å². The molecule has 0 fully saturated rings. The third-order valence-corrected chi connectivity index (χ3v) is 5.31. The Morgan fingerprint density at radius 2 is 2.16 bits per heavy atom. The summed E-state index contributed by atoms with van der Waals surface area (Å²) in [5.41, 5.74) is 0.0000750. The summed E-state index contributed by atoms with van der Waals surface area (Å²) in [6.07, 6.45) is 4.97. The van der Waals surface area contributed by atoms with Gasteiger partial charge in [0.2, 0.25) is 5.44 Å². The maximum atomic E-state index is 14.6. The summed E-state index contributed by atoms with van der Waals surface area (Å²) < 4.78 is 30.5. The van der Waals surface area contributed by atoms with Gasteiger partial charge < -0.3 is 19.3 Å². The van der Waals surface area contributed by atoms with Crippen molar-refractivity contribution in [2.24, 2.45) is 0 Å². The molecule has 1 aromatic carbocycles. The van der Waals surface area contributed by atoms with E-state index in [2.05, 4.69) is 22.0 Å². The van der Waals surface area contributed by atoms with Gasteiger partial charge in [-0.15, -0.1) is 11.8 Å². The first-order valence-corrected chi connectivity index (χ1v) is 10.7. The fraction of sp³-hybridized carbons (Fsp3) is 0.318. The number of hydrogen-bond acceptors (Lipinski definition) is 7. The topological polar surface area (TPSA) is 86.5 Å². The molecule has 0 radical (unpaired) electrons. The molecule has 164 valence electrons. The summed E-state index contributed by atoms with van der Waals surface area (Å²) in [5, 5.41) is 7.56. The third kappa shape index (κ3) is 5.23. The number of pyridine rings is 1. The fourth-order valence-corrected chi connectivity index (χ4v) is 3.39. The predicted octanol–water partition coefficient (Wildman–Crippen LogP) is 4.27. The van der Waals surface area contributed by atoms with E-state index in [1.54, 1.807) is 45.6 Å². The molecule has 31 heavy (non-hydrogen) atoms. The molecule has 2 aromatic heterocycles. The number of halogens is 1. The largest absolute Gasteiger partial charge is 0.467 e. The summed E-state index contributed by atoms with van der Waals surface area (Å²) in [6, 6.07) is 6.34. The fourth-order valence-electron chi connectivity index (χ4n) is 2.92. The molecule has 1 amide bonds. The highest BCUT2D eigenvalue weighted by Gasteiger charge is 2.31. The van der Waals surface area contributed by atoms with E-state index in [1.165, 1.54) is 12.1 Å². The second kappa shape index (κ2) is 9.49. The number of benzene rings is 1. The van der Waals surface area contributed by atoms with Gasteiger partial charge in [-0.3, -0.25) is 9.78 Å². The number of amides is 1. The Bertz CT molecular complexity index is 1100. The maximum absolute atomic E-state index is 14.6. The second-order valence-corrected chi connectivity index (χ2v) is 8.26. The highest BCUT2D eigenvalue weighted by Crippen LogP contribution is 2.28. The van der Waals surface area contributed by atoms with Crippen LogP contribution in [-0.2, 0) is 21.7 Å². The highest BCUT2D eigenvalue weighted by molar-refractivity contribution is 7.99. The smallest absolute Gasteiger partial charge is 0.272 e. The van der Waals surface area contributed by atoms with Crippen molar-refractivity contribution >= 4 is 34.6 Å². The van der Waals surface area contributed by atoms with Gasteiger partial charge in [-0.05, 0) is 37.8 Å². The maximum Gasteiger partial charge on any atom is 0.272 e. The molecule has 0 saturated carbocycles. The van der Waals surface area contributed by atoms with Crippen LogP contribution in [0.2, 0.25) is 0 Å². The Balaban J connectivity index is 1.78. The average molecular weight is 446 g/mol. The number of carbonyl (C=O) groups is 1. The number of nitrogens with zero attached hydrogens (tertiary/aromatic N) is 2. The number of carbonyl (C=O) groups excluding carboxylic acids is 1. The number of ether oxygens (including phenoxy) is 2. The minimum absolute atomic E-state index is 0.0355. The number of thioether (sulfide) groups is 1. The van der Waals surface area contributed by atoms with Gasteiger partial charge in [0.1, 0.15) is 12.3 Å². The van der Waals surface area contributed by atoms with E-state index in [-0.39, 0.29) is 12.4 Å². The van der Waals surface area contributed by atoms with E-state index in [4.69, 9.17) is 14.0 Å². The number of methoxy groups -OCH3 is 1. The van der Waals surface area contributed by atoms with Crippen molar-refractivity contribution < 1.29 is 23.2 Å². The van der Waals surface area contributed by atoms with Gasteiger partial charge in [-0.1, -0.05) is 17.8 Å². The lowest BCUT2D eigenvalue weighted by Crippen LogP contribution is -2.46. The number of hydrogen-bond donors (Lipinski definition) is 1. The zero-order valence-corrected chi connectivity index (χ0v) is 18.6. The molecule has 0 spiro atoms. The van der Waals surface area contributed by atoms with E-state index in [9.17, 15) is 9.18 Å². The van der Waals surface area contributed by atoms with Gasteiger partial charge in [-0.2, -0.15) is 0 Å². The molecular formula is C22H24FN3O4S. The monoisotopic (exact) mass is 445 g/mol. The van der Waals surface area contributed by atoms with Crippen LogP contribution < -0.4 is 10.1 Å². The summed E-state index contributed by atoms with van der Waals surface area (Å²) in [4.78, 5) is 17.1. The Labute approximate surface area is 184 Å². The molecule has 0 bridgehead atoms. The van der Waals surface area contributed by atoms with Crippen molar-refractivity contribution in [3.05, 3.63) is 59.9 Å².